The molecule has 0 atom stereocenters. The molecule has 2 N–H and O–H groups in total. The van der Waals surface area contributed by atoms with Crippen molar-refractivity contribution >= 4 is 5.69 Å². The molecule has 70 valence electrons. The lowest BCUT2D eigenvalue weighted by Gasteiger charge is -2.16. The SMILES string of the molecule is Cc1nc2c(cc1NO)CCCC2. The number of aryl methyl sites for hydroxylation is 3. The molecule has 0 radical (unpaired) electrons. The van der Waals surface area contributed by atoms with Gasteiger partial charge in [-0.25, -0.2) is 0 Å². The van der Waals surface area contributed by atoms with Crippen LogP contribution < -0.4 is 5.48 Å². The smallest absolute Gasteiger partial charge is 0.0817 e. The van der Waals surface area contributed by atoms with Crippen molar-refractivity contribution in [2.75, 3.05) is 5.48 Å². The zero-order chi connectivity index (χ0) is 9.26. The van der Waals surface area contributed by atoms with E-state index in [1.807, 2.05) is 13.0 Å². The molecule has 0 aromatic carbocycles. The number of nitrogens with zero attached hydrogens (tertiary/aromatic N) is 1. The summed E-state index contributed by atoms with van der Waals surface area (Å²) in [6.45, 7) is 1.91. The van der Waals surface area contributed by atoms with Gasteiger partial charge >= 0.3 is 0 Å². The summed E-state index contributed by atoms with van der Waals surface area (Å²) in [4.78, 5) is 4.46. The fourth-order valence-corrected chi connectivity index (χ4v) is 1.85. The number of nitrogens with one attached hydrogen (secondary N) is 1. The van der Waals surface area contributed by atoms with Gasteiger partial charge in [0.05, 0.1) is 11.4 Å². The Bertz CT molecular complexity index is 323. The minimum atomic E-state index is 0.737. The molecule has 0 amide bonds. The second-order valence-electron chi connectivity index (χ2n) is 3.55. The standard InChI is InChI=1S/C10H14N2O/c1-7-10(12-13)6-8-4-2-3-5-9(8)11-7/h6,12-13H,2-5H2,1H3. The van der Waals surface area contributed by atoms with Gasteiger partial charge in [0, 0.05) is 5.69 Å². The van der Waals surface area contributed by atoms with E-state index in [1.165, 1.54) is 24.1 Å². The van der Waals surface area contributed by atoms with Crippen LogP contribution >= 0.6 is 0 Å². The molecule has 1 heterocycles. The summed E-state index contributed by atoms with van der Waals surface area (Å²) in [5, 5.41) is 8.83. The van der Waals surface area contributed by atoms with Crippen molar-refractivity contribution in [3.8, 4) is 0 Å². The van der Waals surface area contributed by atoms with Crippen molar-refractivity contribution in [2.24, 2.45) is 0 Å². The lowest BCUT2D eigenvalue weighted by molar-refractivity contribution is 0.387. The molecule has 1 aromatic rings. The first-order chi connectivity index (χ1) is 6.31. The zero-order valence-corrected chi connectivity index (χ0v) is 7.80. The van der Waals surface area contributed by atoms with E-state index in [-0.39, 0.29) is 0 Å². The third kappa shape index (κ3) is 1.52. The molecule has 13 heavy (non-hydrogen) atoms. The van der Waals surface area contributed by atoms with Gasteiger partial charge in [-0.15, -0.1) is 0 Å². The summed E-state index contributed by atoms with van der Waals surface area (Å²) in [6, 6.07) is 2.01. The maximum absolute atomic E-state index is 8.83. The maximum atomic E-state index is 8.83. The highest BCUT2D eigenvalue weighted by atomic mass is 16.5. The lowest BCUT2D eigenvalue weighted by atomic mass is 9.95. The molecule has 3 nitrogen and oxygen atoms in total. The fraction of sp³-hybridized carbons (Fsp3) is 0.500. The van der Waals surface area contributed by atoms with Gasteiger partial charge in [-0.3, -0.25) is 15.7 Å². The molecule has 1 aliphatic carbocycles. The number of hydrogen-bond acceptors (Lipinski definition) is 3. The molecule has 0 unspecified atom stereocenters. The summed E-state index contributed by atoms with van der Waals surface area (Å²) in [7, 11) is 0. The first-order valence-corrected chi connectivity index (χ1v) is 4.71. The van der Waals surface area contributed by atoms with Crippen molar-refractivity contribution in [2.45, 2.75) is 32.6 Å². The van der Waals surface area contributed by atoms with Crippen LogP contribution in [0, 0.1) is 6.92 Å². The Balaban J connectivity index is 2.44. The van der Waals surface area contributed by atoms with E-state index in [0.29, 0.717) is 0 Å². The molecule has 2 rings (SSSR count). The zero-order valence-electron chi connectivity index (χ0n) is 7.80. The fourth-order valence-electron chi connectivity index (χ4n) is 1.85. The molecule has 0 bridgehead atoms. The third-order valence-corrected chi connectivity index (χ3v) is 2.61. The first kappa shape index (κ1) is 8.51. The van der Waals surface area contributed by atoms with Crippen LogP contribution in [0.2, 0.25) is 0 Å². The minimum Gasteiger partial charge on any atom is -0.291 e. The molecule has 1 aliphatic rings. The van der Waals surface area contributed by atoms with Crippen molar-refractivity contribution in [3.63, 3.8) is 0 Å². The Hall–Kier alpha value is -1.09. The van der Waals surface area contributed by atoms with Gasteiger partial charge in [0.1, 0.15) is 0 Å². The van der Waals surface area contributed by atoms with Crippen LogP contribution in [0.25, 0.3) is 0 Å². The first-order valence-electron chi connectivity index (χ1n) is 4.71. The van der Waals surface area contributed by atoms with E-state index >= 15 is 0 Å². The lowest BCUT2D eigenvalue weighted by Crippen LogP contribution is -2.08. The van der Waals surface area contributed by atoms with Crippen LogP contribution in [0.1, 0.15) is 29.8 Å². The predicted molar refractivity (Wildman–Crippen MR) is 51.0 cm³/mol. The van der Waals surface area contributed by atoms with Crippen molar-refractivity contribution in [3.05, 3.63) is 23.0 Å². The molecule has 3 heteroatoms. The van der Waals surface area contributed by atoms with Crippen LogP contribution in [-0.2, 0) is 12.8 Å². The summed E-state index contributed by atoms with van der Waals surface area (Å²) < 4.78 is 0. The minimum absolute atomic E-state index is 0.737. The van der Waals surface area contributed by atoms with E-state index in [1.54, 1.807) is 0 Å². The number of hydrogen-bond donors (Lipinski definition) is 2. The van der Waals surface area contributed by atoms with E-state index in [9.17, 15) is 0 Å². The van der Waals surface area contributed by atoms with Crippen molar-refractivity contribution in [1.29, 1.82) is 0 Å². The van der Waals surface area contributed by atoms with Crippen LogP contribution in [-0.4, -0.2) is 10.2 Å². The molecule has 0 saturated heterocycles. The Morgan fingerprint density at radius 3 is 2.92 bits per heavy atom. The van der Waals surface area contributed by atoms with Gasteiger partial charge in [0.25, 0.3) is 0 Å². The van der Waals surface area contributed by atoms with E-state index in [0.717, 1.165) is 24.2 Å². The monoisotopic (exact) mass is 178 g/mol. The Labute approximate surface area is 77.8 Å². The van der Waals surface area contributed by atoms with Crippen molar-refractivity contribution < 1.29 is 5.21 Å². The number of aromatic nitrogens is 1. The number of fused-ring (bicyclic) bond motifs is 1. The molecule has 0 spiro atoms. The van der Waals surface area contributed by atoms with Crippen LogP contribution in [0.4, 0.5) is 5.69 Å². The second kappa shape index (κ2) is 3.34. The van der Waals surface area contributed by atoms with E-state index in [4.69, 9.17) is 5.21 Å². The predicted octanol–water partition coefficient (Wildman–Crippen LogP) is 2.07. The average molecular weight is 178 g/mol. The van der Waals surface area contributed by atoms with Gasteiger partial charge in [-0.05, 0) is 44.2 Å². The third-order valence-electron chi connectivity index (χ3n) is 2.61. The topological polar surface area (TPSA) is 45.2 Å². The second-order valence-corrected chi connectivity index (χ2v) is 3.55. The molecule has 0 aliphatic heterocycles. The van der Waals surface area contributed by atoms with E-state index in [2.05, 4.69) is 10.5 Å². The highest BCUT2D eigenvalue weighted by molar-refractivity contribution is 5.49. The summed E-state index contributed by atoms with van der Waals surface area (Å²) >= 11 is 0. The van der Waals surface area contributed by atoms with E-state index < -0.39 is 0 Å². The van der Waals surface area contributed by atoms with Gasteiger partial charge in [-0.1, -0.05) is 0 Å². The summed E-state index contributed by atoms with van der Waals surface area (Å²) in [5.74, 6) is 0. The largest absolute Gasteiger partial charge is 0.291 e. The van der Waals surface area contributed by atoms with Crippen LogP contribution in [0.5, 0.6) is 0 Å². The van der Waals surface area contributed by atoms with Crippen LogP contribution in [0.3, 0.4) is 0 Å². The van der Waals surface area contributed by atoms with Crippen molar-refractivity contribution in [1.82, 2.24) is 4.98 Å². The average Bonchev–Trinajstić information content (AvgIpc) is 2.17. The molecular formula is C10H14N2O. The number of pyridine rings is 1. The molecular weight excluding hydrogens is 164 g/mol. The van der Waals surface area contributed by atoms with Gasteiger partial charge in [0.15, 0.2) is 0 Å². The maximum Gasteiger partial charge on any atom is 0.0817 e. The Morgan fingerprint density at radius 2 is 2.15 bits per heavy atom. The van der Waals surface area contributed by atoms with Crippen LogP contribution in [0.15, 0.2) is 6.07 Å². The summed E-state index contributed by atoms with van der Waals surface area (Å²) in [6.07, 6.45) is 4.66. The number of rotatable bonds is 1. The van der Waals surface area contributed by atoms with Gasteiger partial charge < -0.3 is 0 Å². The van der Waals surface area contributed by atoms with Gasteiger partial charge in [0.2, 0.25) is 0 Å². The quantitative estimate of drug-likeness (QED) is 0.647. The molecule has 0 saturated carbocycles. The normalized spacial score (nSPS) is 15.2. The number of anilines is 1. The Morgan fingerprint density at radius 1 is 1.38 bits per heavy atom. The Kier molecular flexibility index (Phi) is 2.19. The highest BCUT2D eigenvalue weighted by Gasteiger charge is 2.12. The summed E-state index contributed by atoms with van der Waals surface area (Å²) in [5.41, 5.74) is 6.29. The molecule has 0 fully saturated rings. The highest BCUT2D eigenvalue weighted by Crippen LogP contribution is 2.24. The molecule has 1 aromatic heterocycles. The van der Waals surface area contributed by atoms with Gasteiger partial charge in [-0.2, -0.15) is 0 Å².